The summed E-state index contributed by atoms with van der Waals surface area (Å²) < 4.78 is 0.346. The van der Waals surface area contributed by atoms with E-state index in [1.54, 1.807) is 24.3 Å². The van der Waals surface area contributed by atoms with E-state index in [1.165, 1.54) is 0 Å². The largest absolute Gasteiger partial charge is 0.502 e. The van der Waals surface area contributed by atoms with Crippen molar-refractivity contribution in [1.82, 2.24) is 4.12 Å². The number of carboxylic acid groups (broad SMARTS) is 1. The Bertz CT molecular complexity index is 689. The maximum absolute atomic E-state index is 11.2. The van der Waals surface area contributed by atoms with E-state index < -0.39 is 23.3 Å². The molecule has 0 fully saturated rings. The van der Waals surface area contributed by atoms with E-state index in [4.69, 9.17) is 10.8 Å². The van der Waals surface area contributed by atoms with Crippen molar-refractivity contribution in [3.8, 4) is 16.2 Å². The van der Waals surface area contributed by atoms with Crippen LogP contribution in [0.4, 0.5) is 0 Å². The van der Waals surface area contributed by atoms with Gasteiger partial charge in [-0.3, -0.25) is 9.59 Å². The van der Waals surface area contributed by atoms with E-state index in [1.807, 2.05) is 0 Å². The Morgan fingerprint density at radius 1 is 1.35 bits per heavy atom. The number of carbonyl (C=O) groups is 1. The molecular weight excluding hydrogens is 284 g/mol. The third-order valence-electron chi connectivity index (χ3n) is 2.76. The number of aliphatic carboxylic acids is 1. The summed E-state index contributed by atoms with van der Waals surface area (Å²) >= 11 is 0.710. The minimum Gasteiger partial charge on any atom is -0.502 e. The first-order valence-corrected chi connectivity index (χ1v) is 6.39. The molecule has 0 aliphatic rings. The summed E-state index contributed by atoms with van der Waals surface area (Å²) in [4.78, 5) is 22.1. The lowest BCUT2D eigenvalue weighted by Gasteiger charge is -2.06. The Hall–Kier alpha value is -2.32. The van der Waals surface area contributed by atoms with Gasteiger partial charge < -0.3 is 21.2 Å². The van der Waals surface area contributed by atoms with Crippen LogP contribution in [0.15, 0.2) is 29.1 Å². The van der Waals surface area contributed by atoms with Crippen molar-refractivity contribution in [1.29, 1.82) is 0 Å². The van der Waals surface area contributed by atoms with Gasteiger partial charge in [0.2, 0.25) is 5.75 Å². The van der Waals surface area contributed by atoms with Crippen molar-refractivity contribution >= 4 is 17.5 Å². The molecule has 0 aliphatic carbocycles. The van der Waals surface area contributed by atoms with Gasteiger partial charge in [0.1, 0.15) is 10.9 Å². The highest BCUT2D eigenvalue weighted by Crippen LogP contribution is 2.30. The number of nitrogens with zero attached hydrogens (tertiary/aromatic N) is 1. The number of benzene rings is 1. The second-order valence-electron chi connectivity index (χ2n) is 4.19. The van der Waals surface area contributed by atoms with Gasteiger partial charge in [0, 0.05) is 0 Å². The Labute approximate surface area is 117 Å². The second kappa shape index (κ2) is 5.35. The first kappa shape index (κ1) is 14.1. The fourth-order valence-corrected chi connectivity index (χ4v) is 2.44. The molecule has 1 aromatic heterocycles. The molecule has 1 atom stereocenters. The predicted molar refractivity (Wildman–Crippen MR) is 72.2 cm³/mol. The summed E-state index contributed by atoms with van der Waals surface area (Å²) in [6.07, 6.45) is 0.179. The van der Waals surface area contributed by atoms with E-state index in [2.05, 4.69) is 0 Å². The van der Waals surface area contributed by atoms with Gasteiger partial charge >= 0.3 is 11.5 Å². The van der Waals surface area contributed by atoms with E-state index in [0.29, 0.717) is 21.2 Å². The summed E-state index contributed by atoms with van der Waals surface area (Å²) in [5, 5.41) is 27.5. The van der Waals surface area contributed by atoms with Crippen molar-refractivity contribution < 1.29 is 20.2 Å². The molecule has 0 spiro atoms. The molecule has 7 nitrogen and oxygen atoms in total. The molecule has 0 aliphatic heterocycles. The Kier molecular flexibility index (Phi) is 3.77. The predicted octanol–water partition coefficient (Wildman–Crippen LogP) is 0.474. The number of hydrogen-bond donors (Lipinski definition) is 4. The molecule has 0 amide bonds. The maximum Gasteiger partial charge on any atom is 0.336 e. The molecule has 8 heteroatoms. The van der Waals surface area contributed by atoms with Crippen molar-refractivity contribution in [3.63, 3.8) is 0 Å². The smallest absolute Gasteiger partial charge is 0.336 e. The number of hydrogen-bond acceptors (Lipinski definition) is 6. The topological polar surface area (TPSA) is 126 Å². The lowest BCUT2D eigenvalue weighted by molar-refractivity contribution is -0.138. The Morgan fingerprint density at radius 3 is 2.40 bits per heavy atom. The van der Waals surface area contributed by atoms with Crippen LogP contribution in [-0.2, 0) is 11.2 Å². The van der Waals surface area contributed by atoms with Crippen molar-refractivity contribution in [2.24, 2.45) is 5.73 Å². The molecule has 0 radical (unpaired) electrons. The quantitative estimate of drug-likeness (QED) is 0.608. The normalized spacial score (nSPS) is 12.2. The Morgan fingerprint density at radius 2 is 1.95 bits per heavy atom. The van der Waals surface area contributed by atoms with Gasteiger partial charge in [-0.05, 0) is 29.1 Å². The molecule has 106 valence electrons. The lowest BCUT2D eigenvalue weighted by Crippen LogP contribution is -2.32. The minimum atomic E-state index is -1.08. The van der Waals surface area contributed by atoms with Gasteiger partial charge in [0.05, 0.1) is 0 Å². The van der Waals surface area contributed by atoms with Gasteiger partial charge in [0.15, 0.2) is 0 Å². The number of aromatic hydroxyl groups is 1. The van der Waals surface area contributed by atoms with Gasteiger partial charge in [-0.25, -0.2) is 0 Å². The fourth-order valence-electron chi connectivity index (χ4n) is 1.68. The highest BCUT2D eigenvalue weighted by molar-refractivity contribution is 7.10. The summed E-state index contributed by atoms with van der Waals surface area (Å²) in [7, 11) is 0. The van der Waals surface area contributed by atoms with Crippen LogP contribution in [-0.4, -0.2) is 31.6 Å². The molecular formula is C12H12N2O5S. The van der Waals surface area contributed by atoms with Crippen LogP contribution in [0.3, 0.4) is 0 Å². The third kappa shape index (κ3) is 2.65. The number of rotatable bonds is 4. The summed E-state index contributed by atoms with van der Waals surface area (Å²) in [5.41, 5.74) is 5.82. The molecule has 5 N–H and O–H groups in total. The molecule has 1 heterocycles. The van der Waals surface area contributed by atoms with Crippen LogP contribution in [0.2, 0.25) is 0 Å². The highest BCUT2D eigenvalue weighted by atomic mass is 32.1. The van der Waals surface area contributed by atoms with Crippen molar-refractivity contribution in [2.75, 3.05) is 0 Å². The maximum atomic E-state index is 11.2. The fraction of sp³-hybridized carbons (Fsp3) is 0.167. The summed E-state index contributed by atoms with van der Waals surface area (Å²) in [6, 6.07) is 5.57. The van der Waals surface area contributed by atoms with E-state index in [0.717, 1.165) is 5.56 Å². The summed E-state index contributed by atoms with van der Waals surface area (Å²) in [5.74, 6) is -1.60. The zero-order valence-electron chi connectivity index (χ0n) is 10.2. The second-order valence-corrected chi connectivity index (χ2v) is 5.13. The zero-order valence-corrected chi connectivity index (χ0v) is 11.0. The van der Waals surface area contributed by atoms with E-state index in [9.17, 15) is 19.9 Å². The Balaban J connectivity index is 2.26. The van der Waals surface area contributed by atoms with Crippen molar-refractivity contribution in [2.45, 2.75) is 12.5 Å². The highest BCUT2D eigenvalue weighted by Gasteiger charge is 2.16. The minimum absolute atomic E-state index is 0.179. The summed E-state index contributed by atoms with van der Waals surface area (Å²) in [6.45, 7) is 0. The molecule has 0 unspecified atom stereocenters. The molecule has 0 bridgehead atoms. The average molecular weight is 296 g/mol. The van der Waals surface area contributed by atoms with Crippen LogP contribution < -0.4 is 11.3 Å². The first-order valence-electron chi connectivity index (χ1n) is 5.62. The molecule has 0 saturated heterocycles. The SMILES string of the molecule is N[C@@H](Cc1ccc(-c2sn(O)c(=O)c2O)cc1)C(=O)O. The van der Waals surface area contributed by atoms with Gasteiger partial charge in [0.25, 0.3) is 0 Å². The third-order valence-corrected chi connectivity index (χ3v) is 3.71. The van der Waals surface area contributed by atoms with Gasteiger partial charge in [-0.15, -0.1) is 0 Å². The van der Waals surface area contributed by atoms with E-state index >= 15 is 0 Å². The van der Waals surface area contributed by atoms with Gasteiger partial charge in [-0.1, -0.05) is 28.4 Å². The first-order chi connectivity index (χ1) is 9.40. The van der Waals surface area contributed by atoms with Gasteiger partial charge in [-0.2, -0.15) is 0 Å². The number of aromatic nitrogens is 1. The van der Waals surface area contributed by atoms with Crippen LogP contribution in [0, 0.1) is 0 Å². The standard InChI is InChI=1S/C12H12N2O5S/c13-8(12(17)18)5-6-1-3-7(4-2-6)10-9(15)11(16)14(19)20-10/h1-4,8,15,19H,5,13H2,(H,17,18)/t8-/m0/s1. The van der Waals surface area contributed by atoms with Crippen molar-refractivity contribution in [3.05, 3.63) is 40.2 Å². The van der Waals surface area contributed by atoms with Crippen LogP contribution in [0.1, 0.15) is 5.56 Å². The lowest BCUT2D eigenvalue weighted by atomic mass is 10.0. The molecule has 20 heavy (non-hydrogen) atoms. The van der Waals surface area contributed by atoms with Crippen LogP contribution >= 0.6 is 11.5 Å². The monoisotopic (exact) mass is 296 g/mol. The molecule has 0 saturated carbocycles. The molecule has 2 aromatic rings. The number of nitrogens with two attached hydrogens (primary N) is 1. The average Bonchev–Trinajstić information content (AvgIpc) is 2.67. The molecule has 2 rings (SSSR count). The molecule has 1 aromatic carbocycles. The number of carboxylic acids is 1. The van der Waals surface area contributed by atoms with Crippen LogP contribution in [0.5, 0.6) is 5.75 Å². The van der Waals surface area contributed by atoms with Crippen LogP contribution in [0.25, 0.3) is 10.4 Å². The zero-order chi connectivity index (χ0) is 14.9. The van der Waals surface area contributed by atoms with E-state index in [-0.39, 0.29) is 11.3 Å².